The molecule has 0 saturated carbocycles. The van der Waals surface area contributed by atoms with Crippen LogP contribution in [0.1, 0.15) is 6.42 Å². The molecule has 0 spiro atoms. The largest absolute Gasteiger partial charge is 0.481 e. The van der Waals surface area contributed by atoms with E-state index in [0.29, 0.717) is 0 Å². The molecule has 0 fully saturated rings. The van der Waals surface area contributed by atoms with Gasteiger partial charge in [0.05, 0.1) is 19.5 Å². The topological polar surface area (TPSA) is 115 Å². The van der Waals surface area contributed by atoms with Gasteiger partial charge in [-0.2, -0.15) is 0 Å². The Bertz CT molecular complexity index is 234. The first-order valence-electron chi connectivity index (χ1n) is 3.79. The maximum absolute atomic E-state index is 10.3. The third kappa shape index (κ3) is 19.9. The zero-order valence-corrected chi connectivity index (χ0v) is 16.3. The van der Waals surface area contributed by atoms with E-state index < -0.39 is 31.0 Å². The predicted octanol–water partition coefficient (Wildman–Crippen LogP) is -2.21. The van der Waals surface area contributed by atoms with Gasteiger partial charge in [0.25, 0.3) is 0 Å². The second kappa shape index (κ2) is 15.4. The van der Waals surface area contributed by atoms with Crippen LogP contribution in [0.25, 0.3) is 0 Å². The third-order valence-electron chi connectivity index (χ3n) is 1.36. The first-order valence-corrected chi connectivity index (χ1v) is 3.79. The van der Waals surface area contributed by atoms with Crippen LogP contribution in [0.4, 0.5) is 0 Å². The average molecular weight is 274 g/mol. The summed E-state index contributed by atoms with van der Waals surface area (Å²) in [6.07, 6.45) is -0.277. The summed E-state index contributed by atoms with van der Waals surface area (Å²) in [5.74, 6) is -3.46. The summed E-state index contributed by atoms with van der Waals surface area (Å²) in [5.41, 5.74) is 0. The van der Waals surface area contributed by atoms with Crippen molar-refractivity contribution in [1.82, 2.24) is 4.90 Å². The first-order chi connectivity index (χ1) is 6.41. The Morgan fingerprint density at radius 2 is 1.12 bits per heavy atom. The van der Waals surface area contributed by atoms with E-state index in [4.69, 9.17) is 15.3 Å². The summed E-state index contributed by atoms with van der Waals surface area (Å²) in [4.78, 5) is 31.7. The van der Waals surface area contributed by atoms with Gasteiger partial charge in [0.2, 0.25) is 0 Å². The summed E-state index contributed by atoms with van der Waals surface area (Å²) in [6, 6.07) is 0. The van der Waals surface area contributed by atoms with Crippen molar-refractivity contribution in [1.29, 1.82) is 0 Å². The van der Waals surface area contributed by atoms with Crippen molar-refractivity contribution in [3.05, 3.63) is 0 Å². The van der Waals surface area contributed by atoms with Gasteiger partial charge in [0.1, 0.15) is 0 Å². The number of carboxylic acids is 3. The Balaban J connectivity index is -0.000000282. The van der Waals surface area contributed by atoms with E-state index >= 15 is 0 Å². The molecule has 0 aromatic rings. The van der Waals surface area contributed by atoms with Gasteiger partial charge in [-0.25, -0.2) is 0 Å². The molecule has 17 heavy (non-hydrogen) atoms. The minimum absolute atomic E-state index is 0. The minimum Gasteiger partial charge on any atom is -0.481 e. The normalized spacial score (nSPS) is 8.29. The van der Waals surface area contributed by atoms with E-state index in [1.165, 1.54) is 0 Å². The summed E-state index contributed by atoms with van der Waals surface area (Å²) in [6.45, 7) is -1.03. The Morgan fingerprint density at radius 1 is 0.765 bits per heavy atom. The number of hydrogen-bond donors (Lipinski definition) is 3. The quantitative estimate of drug-likeness (QED) is 0.451. The molecule has 0 aliphatic rings. The van der Waals surface area contributed by atoms with E-state index in [1.54, 1.807) is 0 Å². The fraction of sp³-hybridized carbons (Fsp3) is 0.571. The zero-order chi connectivity index (χ0) is 11.1. The number of rotatable bonds is 7. The maximum atomic E-state index is 10.3. The molecule has 0 amide bonds. The van der Waals surface area contributed by atoms with Gasteiger partial charge in [-0.15, -0.1) is 0 Å². The van der Waals surface area contributed by atoms with Crippen molar-refractivity contribution < 1.29 is 29.7 Å². The smallest absolute Gasteiger partial charge is 0.317 e. The van der Waals surface area contributed by atoms with Crippen LogP contribution in [-0.4, -0.2) is 146 Å². The minimum atomic E-state index is -1.18. The number of carbonyl (C=O) groups is 3. The molecule has 0 aromatic carbocycles. The Hall–Kier alpha value is 1.37. The molecule has 3 N–H and O–H groups in total. The monoisotopic (exact) mass is 274 g/mol. The van der Waals surface area contributed by atoms with Gasteiger partial charge in [0.15, 0.2) is 0 Å². The van der Waals surface area contributed by atoms with Gasteiger partial charge >= 0.3 is 17.9 Å². The molecule has 0 heterocycles. The van der Waals surface area contributed by atoms with Gasteiger partial charge < -0.3 is 15.3 Å². The molecule has 7 nitrogen and oxygen atoms in total. The maximum Gasteiger partial charge on any atom is 0.317 e. The fourth-order valence-corrected chi connectivity index (χ4v) is 0.850. The molecule has 0 bridgehead atoms. The van der Waals surface area contributed by atoms with Crippen LogP contribution in [0.3, 0.4) is 0 Å². The van der Waals surface area contributed by atoms with Crippen LogP contribution in [0.2, 0.25) is 0 Å². The molecule has 0 aliphatic carbocycles. The molecule has 0 saturated heterocycles. The van der Waals surface area contributed by atoms with E-state index in [1.807, 2.05) is 0 Å². The van der Waals surface area contributed by atoms with Crippen LogP contribution in [0.15, 0.2) is 0 Å². The van der Waals surface area contributed by atoms with Gasteiger partial charge in [-0.05, 0) is 0 Å². The Morgan fingerprint density at radius 3 is 1.35 bits per heavy atom. The van der Waals surface area contributed by atoms with Crippen molar-refractivity contribution in [3.63, 3.8) is 0 Å². The summed E-state index contributed by atoms with van der Waals surface area (Å²) in [5, 5.41) is 25.1. The van der Waals surface area contributed by atoms with E-state index in [0.717, 1.165) is 4.90 Å². The van der Waals surface area contributed by atoms with Crippen molar-refractivity contribution in [2.45, 2.75) is 6.42 Å². The number of aliphatic carboxylic acids is 3. The van der Waals surface area contributed by atoms with E-state index in [9.17, 15) is 14.4 Å². The van der Waals surface area contributed by atoms with Gasteiger partial charge in [0, 0.05) is 95.2 Å². The van der Waals surface area contributed by atoms with Gasteiger partial charge in [-0.1, -0.05) is 0 Å². The van der Waals surface area contributed by atoms with Crippen molar-refractivity contribution in [2.75, 3.05) is 19.6 Å². The third-order valence-corrected chi connectivity index (χ3v) is 1.36. The average Bonchev–Trinajstić information content (AvgIpc) is 1.97. The van der Waals surface area contributed by atoms with Crippen LogP contribution in [0.5, 0.6) is 0 Å². The zero-order valence-electron chi connectivity index (χ0n) is 10.3. The molecule has 0 rings (SSSR count). The van der Waals surface area contributed by atoms with Crippen LogP contribution in [-0.2, 0) is 14.4 Å². The van der Waals surface area contributed by atoms with Crippen LogP contribution in [0, 0.1) is 0 Å². The summed E-state index contributed by atoms with van der Waals surface area (Å²) in [7, 11) is 0. The van der Waals surface area contributed by atoms with Crippen molar-refractivity contribution in [3.8, 4) is 0 Å². The molecule has 83 valence electrons. The SMILES string of the molecule is O=C(O)CCN(CC(=O)O)CC(=O)O.[Na].[Na].[Na]. The van der Waals surface area contributed by atoms with Crippen LogP contribution >= 0.6 is 0 Å². The van der Waals surface area contributed by atoms with Crippen molar-refractivity contribution >= 4 is 107 Å². The standard InChI is InChI=1S/C7H11NO6.3Na/c9-5(10)1-2-8(3-6(11)12)4-7(13)14;;;/h1-4H2,(H,9,10)(H,11,12)(H,13,14);;;. The predicted molar refractivity (Wildman–Crippen MR) is 61.2 cm³/mol. The second-order valence-corrected chi connectivity index (χ2v) is 2.64. The Labute approximate surface area is 165 Å². The van der Waals surface area contributed by atoms with Gasteiger partial charge in [-0.3, -0.25) is 19.3 Å². The molecular formula is C7H11NNa3O6. The Kier molecular flexibility index (Phi) is 24.4. The van der Waals surface area contributed by atoms with E-state index in [2.05, 4.69) is 0 Å². The van der Waals surface area contributed by atoms with Crippen molar-refractivity contribution in [2.24, 2.45) is 0 Å². The summed E-state index contributed by atoms with van der Waals surface area (Å²) >= 11 is 0. The molecule has 0 aromatic heterocycles. The molecular weight excluding hydrogens is 263 g/mol. The molecule has 0 unspecified atom stereocenters. The number of carboxylic acid groups (broad SMARTS) is 3. The van der Waals surface area contributed by atoms with Crippen LogP contribution < -0.4 is 0 Å². The summed E-state index contributed by atoms with van der Waals surface area (Å²) < 4.78 is 0. The first kappa shape index (κ1) is 26.8. The molecule has 10 heteroatoms. The fourth-order valence-electron chi connectivity index (χ4n) is 0.850. The molecule has 0 atom stereocenters. The number of hydrogen-bond acceptors (Lipinski definition) is 4. The second-order valence-electron chi connectivity index (χ2n) is 2.64. The van der Waals surface area contributed by atoms with E-state index in [-0.39, 0.29) is 102 Å². The molecule has 0 aliphatic heterocycles. The number of nitrogens with zero attached hydrogens (tertiary/aromatic N) is 1. The molecule has 3 radical (unpaired) electrons.